The standard InChI is InChI=1S/C10H18N2O/c1-4-8(5-2)9-12-7-6-10(3,11)13-9/h6-8H,4-5,11H2,1-3H3. The molecule has 3 nitrogen and oxygen atoms in total. The summed E-state index contributed by atoms with van der Waals surface area (Å²) in [6, 6.07) is 0. The third-order valence-corrected chi connectivity index (χ3v) is 2.27. The van der Waals surface area contributed by atoms with E-state index in [0.29, 0.717) is 5.92 Å². The Kier molecular flexibility index (Phi) is 3.09. The molecule has 0 radical (unpaired) electrons. The molecule has 0 spiro atoms. The van der Waals surface area contributed by atoms with Crippen LogP contribution < -0.4 is 5.73 Å². The third-order valence-electron chi connectivity index (χ3n) is 2.27. The molecule has 0 amide bonds. The van der Waals surface area contributed by atoms with E-state index in [4.69, 9.17) is 10.5 Å². The van der Waals surface area contributed by atoms with Gasteiger partial charge in [-0.3, -0.25) is 5.73 Å². The molecule has 1 aliphatic rings. The average Bonchev–Trinajstić information content (AvgIpc) is 2.05. The van der Waals surface area contributed by atoms with E-state index in [1.165, 1.54) is 0 Å². The normalized spacial score (nSPS) is 27.3. The Balaban J connectivity index is 2.71. The highest BCUT2D eigenvalue weighted by atomic mass is 16.5. The number of hydrogen-bond donors (Lipinski definition) is 1. The lowest BCUT2D eigenvalue weighted by atomic mass is 10.0. The lowest BCUT2D eigenvalue weighted by Crippen LogP contribution is -2.42. The zero-order chi connectivity index (χ0) is 9.90. The summed E-state index contributed by atoms with van der Waals surface area (Å²) in [4.78, 5) is 4.20. The molecule has 1 atom stereocenters. The molecule has 0 fully saturated rings. The van der Waals surface area contributed by atoms with Gasteiger partial charge in [-0.05, 0) is 25.8 Å². The maximum atomic E-state index is 5.83. The van der Waals surface area contributed by atoms with Crippen LogP contribution in [0, 0.1) is 5.92 Å². The summed E-state index contributed by atoms with van der Waals surface area (Å²) in [5.41, 5.74) is 5.14. The SMILES string of the molecule is CCC(CC)C1=NC=CC(C)(N)O1. The predicted molar refractivity (Wildman–Crippen MR) is 54.3 cm³/mol. The first kappa shape index (κ1) is 10.3. The molecule has 13 heavy (non-hydrogen) atoms. The fraction of sp³-hybridized carbons (Fsp3) is 0.700. The molecule has 0 aliphatic carbocycles. The number of nitrogens with zero attached hydrogens (tertiary/aromatic N) is 1. The molecule has 0 aromatic rings. The maximum absolute atomic E-state index is 5.83. The second-order valence-electron chi connectivity index (χ2n) is 3.58. The number of rotatable bonds is 3. The van der Waals surface area contributed by atoms with Crippen LogP contribution in [0.25, 0.3) is 0 Å². The summed E-state index contributed by atoms with van der Waals surface area (Å²) in [7, 11) is 0. The highest BCUT2D eigenvalue weighted by Gasteiger charge is 2.25. The Hall–Kier alpha value is -0.830. The van der Waals surface area contributed by atoms with Crippen LogP contribution in [-0.2, 0) is 4.74 Å². The largest absolute Gasteiger partial charge is 0.456 e. The van der Waals surface area contributed by atoms with Gasteiger partial charge in [-0.2, -0.15) is 0 Å². The van der Waals surface area contributed by atoms with Gasteiger partial charge < -0.3 is 4.74 Å². The Labute approximate surface area is 79.7 Å². The Bertz CT molecular complexity index is 227. The van der Waals surface area contributed by atoms with E-state index in [1.807, 2.05) is 6.92 Å². The molecular formula is C10H18N2O. The molecule has 1 aliphatic heterocycles. The molecule has 74 valence electrons. The molecule has 2 N–H and O–H groups in total. The monoisotopic (exact) mass is 182 g/mol. The van der Waals surface area contributed by atoms with Crippen LogP contribution in [0.15, 0.2) is 17.3 Å². The Morgan fingerprint density at radius 3 is 2.62 bits per heavy atom. The lowest BCUT2D eigenvalue weighted by molar-refractivity contribution is 0.117. The fourth-order valence-corrected chi connectivity index (χ4v) is 1.37. The van der Waals surface area contributed by atoms with Crippen molar-refractivity contribution < 1.29 is 4.74 Å². The van der Waals surface area contributed by atoms with Gasteiger partial charge >= 0.3 is 0 Å². The van der Waals surface area contributed by atoms with Gasteiger partial charge in [0, 0.05) is 12.1 Å². The molecule has 0 saturated heterocycles. The quantitative estimate of drug-likeness (QED) is 0.726. The summed E-state index contributed by atoms with van der Waals surface area (Å²) in [5.74, 6) is 1.17. The van der Waals surface area contributed by atoms with Crippen molar-refractivity contribution in [1.82, 2.24) is 0 Å². The van der Waals surface area contributed by atoms with Gasteiger partial charge in [-0.1, -0.05) is 13.8 Å². The van der Waals surface area contributed by atoms with Crippen LogP contribution in [0.3, 0.4) is 0 Å². The van der Waals surface area contributed by atoms with Gasteiger partial charge in [0.1, 0.15) is 0 Å². The van der Waals surface area contributed by atoms with Crippen LogP contribution in [0.4, 0.5) is 0 Å². The molecule has 3 heteroatoms. The molecule has 0 aromatic heterocycles. The van der Waals surface area contributed by atoms with Gasteiger partial charge in [0.25, 0.3) is 0 Å². The van der Waals surface area contributed by atoms with Crippen LogP contribution in [0.5, 0.6) is 0 Å². The van der Waals surface area contributed by atoms with E-state index < -0.39 is 5.72 Å². The van der Waals surface area contributed by atoms with Crippen molar-refractivity contribution >= 4 is 5.90 Å². The van der Waals surface area contributed by atoms with Crippen molar-refractivity contribution in [3.8, 4) is 0 Å². The zero-order valence-electron chi connectivity index (χ0n) is 8.58. The minimum Gasteiger partial charge on any atom is -0.456 e. The number of ether oxygens (including phenoxy) is 1. The summed E-state index contributed by atoms with van der Waals surface area (Å²) >= 11 is 0. The first-order valence-electron chi connectivity index (χ1n) is 4.82. The highest BCUT2D eigenvalue weighted by Crippen LogP contribution is 2.19. The Morgan fingerprint density at radius 1 is 1.54 bits per heavy atom. The number of nitrogens with two attached hydrogens (primary N) is 1. The average molecular weight is 182 g/mol. The van der Waals surface area contributed by atoms with Gasteiger partial charge in [-0.15, -0.1) is 0 Å². The first-order valence-corrected chi connectivity index (χ1v) is 4.82. The van der Waals surface area contributed by atoms with E-state index in [9.17, 15) is 0 Å². The van der Waals surface area contributed by atoms with Gasteiger partial charge in [-0.25, -0.2) is 4.99 Å². The van der Waals surface area contributed by atoms with Crippen LogP contribution in [-0.4, -0.2) is 11.6 Å². The minimum atomic E-state index is -0.681. The molecule has 0 bridgehead atoms. The summed E-state index contributed by atoms with van der Waals surface area (Å²) in [5, 5.41) is 0. The summed E-state index contributed by atoms with van der Waals surface area (Å²) < 4.78 is 5.56. The molecule has 1 rings (SSSR count). The molecule has 0 saturated carbocycles. The minimum absolute atomic E-state index is 0.396. The van der Waals surface area contributed by atoms with E-state index >= 15 is 0 Å². The molecule has 1 heterocycles. The summed E-state index contributed by atoms with van der Waals surface area (Å²) in [6.45, 7) is 6.10. The Morgan fingerprint density at radius 2 is 2.15 bits per heavy atom. The zero-order valence-corrected chi connectivity index (χ0v) is 8.58. The third kappa shape index (κ3) is 2.56. The van der Waals surface area contributed by atoms with Crippen LogP contribution >= 0.6 is 0 Å². The van der Waals surface area contributed by atoms with Crippen molar-refractivity contribution in [2.75, 3.05) is 0 Å². The highest BCUT2D eigenvalue weighted by molar-refractivity contribution is 5.80. The van der Waals surface area contributed by atoms with E-state index in [-0.39, 0.29) is 0 Å². The number of hydrogen-bond acceptors (Lipinski definition) is 3. The van der Waals surface area contributed by atoms with Crippen LogP contribution in [0.1, 0.15) is 33.6 Å². The van der Waals surface area contributed by atoms with Gasteiger partial charge in [0.2, 0.25) is 0 Å². The van der Waals surface area contributed by atoms with Crippen molar-refractivity contribution in [1.29, 1.82) is 0 Å². The van der Waals surface area contributed by atoms with E-state index in [1.54, 1.807) is 12.3 Å². The van der Waals surface area contributed by atoms with Gasteiger partial charge in [0.15, 0.2) is 11.6 Å². The van der Waals surface area contributed by atoms with Crippen molar-refractivity contribution in [2.45, 2.75) is 39.3 Å². The number of aliphatic imine (C=N–C) groups is 1. The topological polar surface area (TPSA) is 47.6 Å². The fourth-order valence-electron chi connectivity index (χ4n) is 1.37. The first-order chi connectivity index (χ1) is 6.09. The smallest absolute Gasteiger partial charge is 0.193 e. The maximum Gasteiger partial charge on any atom is 0.193 e. The van der Waals surface area contributed by atoms with E-state index in [2.05, 4.69) is 18.8 Å². The van der Waals surface area contributed by atoms with Crippen LogP contribution in [0.2, 0.25) is 0 Å². The summed E-state index contributed by atoms with van der Waals surface area (Å²) in [6.07, 6.45) is 5.58. The van der Waals surface area contributed by atoms with Gasteiger partial charge in [0.05, 0.1) is 0 Å². The molecule has 0 aromatic carbocycles. The van der Waals surface area contributed by atoms with Crippen molar-refractivity contribution in [3.05, 3.63) is 12.3 Å². The van der Waals surface area contributed by atoms with E-state index in [0.717, 1.165) is 18.7 Å². The lowest BCUT2D eigenvalue weighted by Gasteiger charge is -2.28. The second-order valence-corrected chi connectivity index (χ2v) is 3.58. The second kappa shape index (κ2) is 3.92. The predicted octanol–water partition coefficient (Wildman–Crippen LogP) is 2.04. The van der Waals surface area contributed by atoms with Crippen molar-refractivity contribution in [3.63, 3.8) is 0 Å². The van der Waals surface area contributed by atoms with Crippen molar-refractivity contribution in [2.24, 2.45) is 16.6 Å². The molecule has 1 unspecified atom stereocenters. The molecular weight excluding hydrogens is 164 g/mol.